The standard InChI is InChI=1S/C17H16O5/c1-17(2)8-7-9-14(18)12-10(20-3)5-6-11(21-4)13(12)15(19)16(9)22-17/h5-8H,1-4H3. The number of allylic oxidation sites excluding steroid dienone is 3. The lowest BCUT2D eigenvalue weighted by molar-refractivity contribution is 0.0541. The Bertz CT molecular complexity index is 753. The van der Waals surface area contributed by atoms with Crippen molar-refractivity contribution in [2.75, 3.05) is 14.2 Å². The van der Waals surface area contributed by atoms with Gasteiger partial charge < -0.3 is 14.2 Å². The summed E-state index contributed by atoms with van der Waals surface area (Å²) in [7, 11) is 2.91. The second kappa shape index (κ2) is 4.73. The molecule has 0 unspecified atom stereocenters. The van der Waals surface area contributed by atoms with Crippen LogP contribution in [0.25, 0.3) is 0 Å². The van der Waals surface area contributed by atoms with E-state index >= 15 is 0 Å². The van der Waals surface area contributed by atoms with Gasteiger partial charge in [-0.25, -0.2) is 0 Å². The molecule has 0 atom stereocenters. The topological polar surface area (TPSA) is 61.8 Å². The predicted molar refractivity (Wildman–Crippen MR) is 79.5 cm³/mol. The fourth-order valence-electron chi connectivity index (χ4n) is 2.66. The van der Waals surface area contributed by atoms with E-state index in [4.69, 9.17) is 14.2 Å². The average Bonchev–Trinajstić information content (AvgIpc) is 2.50. The van der Waals surface area contributed by atoms with Crippen LogP contribution >= 0.6 is 0 Å². The van der Waals surface area contributed by atoms with Crippen molar-refractivity contribution in [3.05, 3.63) is 46.7 Å². The Morgan fingerprint density at radius 2 is 1.50 bits per heavy atom. The maximum atomic E-state index is 12.8. The van der Waals surface area contributed by atoms with Crippen LogP contribution in [0.15, 0.2) is 35.6 Å². The van der Waals surface area contributed by atoms with E-state index in [-0.39, 0.29) is 34.0 Å². The number of fused-ring (bicyclic) bond motifs is 1. The van der Waals surface area contributed by atoms with Gasteiger partial charge in [-0.2, -0.15) is 0 Å². The van der Waals surface area contributed by atoms with E-state index < -0.39 is 5.60 Å². The minimum atomic E-state index is -0.640. The van der Waals surface area contributed by atoms with E-state index in [1.54, 1.807) is 24.3 Å². The lowest BCUT2D eigenvalue weighted by atomic mass is 9.84. The SMILES string of the molecule is COc1ccc(OC)c2c1C(=O)C1=C(OC(C)(C)C=C1)C2=O. The molecular weight excluding hydrogens is 284 g/mol. The predicted octanol–water partition coefficient (Wildman–Crippen LogP) is 2.70. The molecule has 1 aliphatic heterocycles. The van der Waals surface area contributed by atoms with Gasteiger partial charge in [0.05, 0.1) is 30.9 Å². The first-order chi connectivity index (χ1) is 10.4. The Morgan fingerprint density at radius 3 is 2.05 bits per heavy atom. The van der Waals surface area contributed by atoms with Crippen LogP contribution < -0.4 is 9.47 Å². The van der Waals surface area contributed by atoms with Crippen molar-refractivity contribution in [1.29, 1.82) is 0 Å². The van der Waals surface area contributed by atoms with Crippen LogP contribution in [0.3, 0.4) is 0 Å². The first-order valence-electron chi connectivity index (χ1n) is 6.86. The summed E-state index contributed by atoms with van der Waals surface area (Å²) in [6.45, 7) is 3.65. The zero-order chi connectivity index (χ0) is 16.1. The lowest BCUT2D eigenvalue weighted by Gasteiger charge is -2.32. The van der Waals surface area contributed by atoms with Crippen molar-refractivity contribution in [2.45, 2.75) is 19.4 Å². The van der Waals surface area contributed by atoms with Crippen LogP contribution in [0.1, 0.15) is 34.6 Å². The molecule has 0 bridgehead atoms. The number of ketones is 2. The monoisotopic (exact) mass is 300 g/mol. The number of hydrogen-bond donors (Lipinski definition) is 0. The number of Topliss-reactive ketones (excluding diaryl/α,β-unsaturated/α-hetero) is 2. The summed E-state index contributed by atoms with van der Waals surface area (Å²) >= 11 is 0. The van der Waals surface area contributed by atoms with Gasteiger partial charge in [0.25, 0.3) is 0 Å². The highest BCUT2D eigenvalue weighted by Crippen LogP contribution is 2.41. The zero-order valence-electron chi connectivity index (χ0n) is 12.9. The minimum Gasteiger partial charge on any atom is -0.496 e. The van der Waals surface area contributed by atoms with Crippen LogP contribution in [0.2, 0.25) is 0 Å². The summed E-state index contributed by atoms with van der Waals surface area (Å²) in [6.07, 6.45) is 3.40. The summed E-state index contributed by atoms with van der Waals surface area (Å²) in [4.78, 5) is 25.6. The summed E-state index contributed by atoms with van der Waals surface area (Å²) in [6, 6.07) is 3.23. The number of carbonyl (C=O) groups is 2. The highest BCUT2D eigenvalue weighted by Gasteiger charge is 2.41. The lowest BCUT2D eigenvalue weighted by Crippen LogP contribution is -2.33. The molecule has 0 saturated heterocycles. The van der Waals surface area contributed by atoms with Gasteiger partial charge in [0.2, 0.25) is 11.6 Å². The molecule has 2 aliphatic rings. The van der Waals surface area contributed by atoms with Crippen molar-refractivity contribution in [2.24, 2.45) is 0 Å². The number of carbonyl (C=O) groups excluding carboxylic acids is 2. The molecule has 0 N–H and O–H groups in total. The Balaban J connectivity index is 2.27. The largest absolute Gasteiger partial charge is 0.496 e. The van der Waals surface area contributed by atoms with E-state index in [1.165, 1.54) is 14.2 Å². The maximum Gasteiger partial charge on any atom is 0.232 e. The van der Waals surface area contributed by atoms with Gasteiger partial charge in [-0.05, 0) is 38.1 Å². The summed E-state index contributed by atoms with van der Waals surface area (Å²) < 4.78 is 16.2. The van der Waals surface area contributed by atoms with E-state index in [0.717, 1.165) is 0 Å². The van der Waals surface area contributed by atoms with Crippen LogP contribution in [-0.4, -0.2) is 31.4 Å². The van der Waals surface area contributed by atoms with E-state index in [2.05, 4.69) is 0 Å². The third kappa shape index (κ3) is 1.93. The zero-order valence-corrected chi connectivity index (χ0v) is 12.9. The molecule has 0 radical (unpaired) electrons. The summed E-state index contributed by atoms with van der Waals surface area (Å²) in [5.41, 5.74) is 0.0249. The third-order valence-corrected chi connectivity index (χ3v) is 3.73. The van der Waals surface area contributed by atoms with Crippen LogP contribution in [0.4, 0.5) is 0 Å². The molecule has 1 aromatic rings. The van der Waals surface area contributed by atoms with Crippen molar-refractivity contribution < 1.29 is 23.8 Å². The fourth-order valence-corrected chi connectivity index (χ4v) is 2.66. The number of ether oxygens (including phenoxy) is 3. The number of hydrogen-bond acceptors (Lipinski definition) is 5. The van der Waals surface area contributed by atoms with Gasteiger partial charge in [0.1, 0.15) is 17.1 Å². The van der Waals surface area contributed by atoms with Crippen LogP contribution in [0.5, 0.6) is 11.5 Å². The molecule has 3 rings (SSSR count). The highest BCUT2D eigenvalue weighted by molar-refractivity contribution is 6.29. The normalized spacial score (nSPS) is 18.5. The molecule has 1 heterocycles. The molecule has 0 amide bonds. The van der Waals surface area contributed by atoms with Gasteiger partial charge >= 0.3 is 0 Å². The molecule has 0 spiro atoms. The second-order valence-corrected chi connectivity index (χ2v) is 5.66. The maximum absolute atomic E-state index is 12.8. The average molecular weight is 300 g/mol. The van der Waals surface area contributed by atoms with Crippen molar-refractivity contribution in [1.82, 2.24) is 0 Å². The molecule has 0 saturated carbocycles. The van der Waals surface area contributed by atoms with Crippen molar-refractivity contribution in [3.63, 3.8) is 0 Å². The quantitative estimate of drug-likeness (QED) is 0.840. The Labute approximate surface area is 128 Å². The Morgan fingerprint density at radius 1 is 0.955 bits per heavy atom. The van der Waals surface area contributed by atoms with E-state index in [0.29, 0.717) is 11.5 Å². The number of methoxy groups -OCH3 is 2. The Kier molecular flexibility index (Phi) is 3.09. The van der Waals surface area contributed by atoms with Crippen LogP contribution in [-0.2, 0) is 4.74 Å². The van der Waals surface area contributed by atoms with Crippen molar-refractivity contribution in [3.8, 4) is 11.5 Å². The Hall–Kier alpha value is -2.56. The molecule has 22 heavy (non-hydrogen) atoms. The van der Waals surface area contributed by atoms with Gasteiger partial charge in [-0.3, -0.25) is 9.59 Å². The molecule has 0 aromatic heterocycles. The van der Waals surface area contributed by atoms with E-state index in [1.807, 2.05) is 13.8 Å². The van der Waals surface area contributed by atoms with Gasteiger partial charge in [-0.15, -0.1) is 0 Å². The second-order valence-electron chi connectivity index (χ2n) is 5.66. The number of rotatable bonds is 2. The fraction of sp³-hybridized carbons (Fsp3) is 0.294. The molecule has 1 aliphatic carbocycles. The molecule has 0 fully saturated rings. The van der Waals surface area contributed by atoms with E-state index in [9.17, 15) is 9.59 Å². The van der Waals surface area contributed by atoms with Gasteiger partial charge in [0.15, 0.2) is 5.76 Å². The molecule has 5 nitrogen and oxygen atoms in total. The highest BCUT2D eigenvalue weighted by atomic mass is 16.5. The first-order valence-corrected chi connectivity index (χ1v) is 6.86. The third-order valence-electron chi connectivity index (χ3n) is 3.73. The molecule has 5 heteroatoms. The first kappa shape index (κ1) is 14.4. The molecular formula is C17H16O5. The molecule has 1 aromatic carbocycles. The number of benzene rings is 1. The smallest absolute Gasteiger partial charge is 0.232 e. The minimum absolute atomic E-state index is 0.0663. The summed E-state index contributed by atoms with van der Waals surface area (Å²) in [5, 5.41) is 0. The van der Waals surface area contributed by atoms with Crippen molar-refractivity contribution >= 4 is 11.6 Å². The molecule has 114 valence electrons. The van der Waals surface area contributed by atoms with Gasteiger partial charge in [0, 0.05) is 0 Å². The van der Waals surface area contributed by atoms with Gasteiger partial charge in [-0.1, -0.05) is 0 Å². The van der Waals surface area contributed by atoms with Crippen LogP contribution in [0, 0.1) is 0 Å². The summed E-state index contributed by atoms with van der Waals surface area (Å²) in [5.74, 6) is 0.0806.